The lowest BCUT2D eigenvalue weighted by molar-refractivity contribution is 0.0697. The van der Waals surface area contributed by atoms with Crippen LogP contribution in [0.25, 0.3) is 0 Å². The van der Waals surface area contributed by atoms with E-state index in [9.17, 15) is 9.70 Å². The van der Waals surface area contributed by atoms with Crippen LogP contribution in [0.5, 0.6) is 0 Å². The van der Waals surface area contributed by atoms with Crippen LogP contribution < -0.4 is 0 Å². The molecule has 0 spiro atoms. The summed E-state index contributed by atoms with van der Waals surface area (Å²) in [5.41, 5.74) is 1.02. The molecule has 0 unspecified atom stereocenters. The summed E-state index contributed by atoms with van der Waals surface area (Å²) in [5.74, 6) is -1.00. The largest absolute Gasteiger partial charge is 0.478 e. The lowest BCUT2D eigenvalue weighted by Crippen LogP contribution is -1.95. The van der Waals surface area contributed by atoms with Crippen molar-refractivity contribution in [2.24, 2.45) is 5.18 Å². The van der Waals surface area contributed by atoms with Gasteiger partial charge in [0.2, 0.25) is 0 Å². The van der Waals surface area contributed by atoms with Crippen molar-refractivity contribution >= 4 is 11.7 Å². The molecule has 0 aliphatic heterocycles. The first-order valence-corrected chi connectivity index (χ1v) is 3.32. The van der Waals surface area contributed by atoms with Crippen LogP contribution in [0.4, 0.5) is 5.69 Å². The lowest BCUT2D eigenvalue weighted by Gasteiger charge is -1.97. The maximum absolute atomic E-state index is 10.4. The molecule has 0 fully saturated rings. The summed E-state index contributed by atoms with van der Waals surface area (Å²) in [7, 11) is 0. The molecule has 0 saturated heterocycles. The number of aromatic carboxylic acids is 1. The second kappa shape index (κ2) is 3.13. The Kier molecular flexibility index (Phi) is 2.19. The van der Waals surface area contributed by atoms with E-state index < -0.39 is 5.97 Å². The van der Waals surface area contributed by atoms with Crippen LogP contribution in [0.2, 0.25) is 0 Å². The van der Waals surface area contributed by atoms with Crippen molar-refractivity contribution in [3.05, 3.63) is 34.2 Å². The molecule has 1 aromatic rings. The van der Waals surface area contributed by atoms with Gasteiger partial charge in [-0.15, -0.1) is 4.91 Å². The van der Waals surface area contributed by atoms with Crippen molar-refractivity contribution in [2.45, 2.75) is 6.92 Å². The van der Waals surface area contributed by atoms with Crippen molar-refractivity contribution in [2.75, 3.05) is 0 Å². The van der Waals surface area contributed by atoms with Gasteiger partial charge in [0.25, 0.3) is 0 Å². The quantitative estimate of drug-likeness (QED) is 0.682. The highest BCUT2D eigenvalue weighted by molar-refractivity contribution is 5.88. The second-order valence-electron chi connectivity index (χ2n) is 2.40. The number of benzene rings is 1. The van der Waals surface area contributed by atoms with E-state index in [1.165, 1.54) is 18.2 Å². The topological polar surface area (TPSA) is 66.7 Å². The van der Waals surface area contributed by atoms with E-state index in [1.807, 2.05) is 0 Å². The first-order chi connectivity index (χ1) is 5.65. The molecular weight excluding hydrogens is 158 g/mol. The minimum atomic E-state index is -1.00. The number of rotatable bonds is 2. The van der Waals surface area contributed by atoms with E-state index in [4.69, 9.17) is 5.11 Å². The van der Waals surface area contributed by atoms with Gasteiger partial charge in [-0.25, -0.2) is 4.79 Å². The van der Waals surface area contributed by atoms with E-state index in [2.05, 4.69) is 5.18 Å². The minimum absolute atomic E-state index is 0.167. The summed E-state index contributed by atoms with van der Waals surface area (Å²) >= 11 is 0. The number of carboxylic acid groups (broad SMARTS) is 1. The molecular formula is C8H7NO3. The molecule has 4 heteroatoms. The average molecular weight is 165 g/mol. The van der Waals surface area contributed by atoms with Gasteiger partial charge in [0.15, 0.2) is 0 Å². The van der Waals surface area contributed by atoms with Crippen LogP contribution in [0, 0.1) is 11.8 Å². The molecule has 0 atom stereocenters. The number of aryl methyl sites for hydroxylation is 1. The molecule has 0 aliphatic carbocycles. The van der Waals surface area contributed by atoms with Gasteiger partial charge in [-0.05, 0) is 35.9 Å². The normalized spacial score (nSPS) is 9.42. The zero-order valence-electron chi connectivity index (χ0n) is 6.44. The Morgan fingerprint density at radius 3 is 2.58 bits per heavy atom. The highest BCUT2D eigenvalue weighted by Gasteiger charge is 2.04. The molecule has 0 aromatic heterocycles. The highest BCUT2D eigenvalue weighted by Crippen LogP contribution is 2.18. The predicted octanol–water partition coefficient (Wildman–Crippen LogP) is 2.09. The highest BCUT2D eigenvalue weighted by atomic mass is 16.4. The third-order valence-electron chi connectivity index (χ3n) is 1.54. The number of carboxylic acids is 1. The lowest BCUT2D eigenvalue weighted by atomic mass is 10.1. The smallest absolute Gasteiger partial charge is 0.335 e. The summed E-state index contributed by atoms with van der Waals surface area (Å²) < 4.78 is 0. The molecule has 12 heavy (non-hydrogen) atoms. The van der Waals surface area contributed by atoms with Gasteiger partial charge in [0.1, 0.15) is 5.69 Å². The Labute approximate surface area is 68.8 Å². The zero-order chi connectivity index (χ0) is 9.14. The molecule has 1 N–H and O–H groups in total. The van der Waals surface area contributed by atoms with Gasteiger partial charge in [-0.2, -0.15) is 0 Å². The average Bonchev–Trinajstić information content (AvgIpc) is 2.04. The SMILES string of the molecule is Cc1cc(C(=O)O)ccc1N=O. The number of carbonyl (C=O) groups is 1. The predicted molar refractivity (Wildman–Crippen MR) is 43.6 cm³/mol. The Morgan fingerprint density at radius 2 is 2.17 bits per heavy atom. The number of nitrogens with zero attached hydrogens (tertiary/aromatic N) is 1. The van der Waals surface area contributed by atoms with E-state index in [1.54, 1.807) is 6.92 Å². The van der Waals surface area contributed by atoms with Gasteiger partial charge in [-0.1, -0.05) is 0 Å². The van der Waals surface area contributed by atoms with Gasteiger partial charge < -0.3 is 5.11 Å². The molecule has 62 valence electrons. The Hall–Kier alpha value is -1.71. The fourth-order valence-electron chi connectivity index (χ4n) is 0.891. The molecule has 1 aromatic carbocycles. The van der Waals surface area contributed by atoms with E-state index in [0.29, 0.717) is 5.56 Å². The first-order valence-electron chi connectivity index (χ1n) is 3.32. The van der Waals surface area contributed by atoms with Gasteiger partial charge in [-0.3, -0.25) is 0 Å². The standard InChI is InChI=1S/C8H7NO3/c1-5-4-6(8(10)11)2-3-7(5)9-12/h2-4H,1H3,(H,10,11). The third-order valence-corrected chi connectivity index (χ3v) is 1.54. The van der Waals surface area contributed by atoms with Crippen molar-refractivity contribution in [3.8, 4) is 0 Å². The summed E-state index contributed by atoms with van der Waals surface area (Å²) in [6.07, 6.45) is 0. The Morgan fingerprint density at radius 1 is 1.50 bits per heavy atom. The van der Waals surface area contributed by atoms with E-state index in [-0.39, 0.29) is 11.3 Å². The molecule has 4 nitrogen and oxygen atoms in total. The monoisotopic (exact) mass is 165 g/mol. The maximum atomic E-state index is 10.4. The second-order valence-corrected chi connectivity index (χ2v) is 2.40. The van der Waals surface area contributed by atoms with Gasteiger partial charge in [0.05, 0.1) is 5.56 Å². The first kappa shape index (κ1) is 8.39. The maximum Gasteiger partial charge on any atom is 0.335 e. The van der Waals surface area contributed by atoms with Crippen LogP contribution in [0.3, 0.4) is 0 Å². The number of hydrogen-bond donors (Lipinski definition) is 1. The van der Waals surface area contributed by atoms with Gasteiger partial charge >= 0.3 is 5.97 Å². The van der Waals surface area contributed by atoms with E-state index >= 15 is 0 Å². The summed E-state index contributed by atoms with van der Waals surface area (Å²) in [4.78, 5) is 20.6. The van der Waals surface area contributed by atoms with Gasteiger partial charge in [0, 0.05) is 0 Å². The molecule has 0 aliphatic rings. The van der Waals surface area contributed by atoms with Crippen LogP contribution in [-0.4, -0.2) is 11.1 Å². The van der Waals surface area contributed by atoms with Crippen molar-refractivity contribution in [1.82, 2.24) is 0 Å². The van der Waals surface area contributed by atoms with E-state index in [0.717, 1.165) is 0 Å². The molecule has 0 amide bonds. The van der Waals surface area contributed by atoms with Crippen LogP contribution in [0.1, 0.15) is 15.9 Å². The van der Waals surface area contributed by atoms with Crippen LogP contribution in [0.15, 0.2) is 23.4 Å². The molecule has 0 saturated carbocycles. The summed E-state index contributed by atoms with van der Waals surface area (Å²) in [6, 6.07) is 4.16. The number of hydrogen-bond acceptors (Lipinski definition) is 3. The van der Waals surface area contributed by atoms with Crippen LogP contribution >= 0.6 is 0 Å². The minimum Gasteiger partial charge on any atom is -0.478 e. The fraction of sp³-hybridized carbons (Fsp3) is 0.125. The fourth-order valence-corrected chi connectivity index (χ4v) is 0.891. The zero-order valence-corrected chi connectivity index (χ0v) is 6.44. The van der Waals surface area contributed by atoms with Crippen molar-refractivity contribution in [1.29, 1.82) is 0 Å². The van der Waals surface area contributed by atoms with Crippen molar-refractivity contribution < 1.29 is 9.90 Å². The Bertz CT molecular complexity index is 333. The summed E-state index contributed by atoms with van der Waals surface area (Å²) in [6.45, 7) is 1.64. The third kappa shape index (κ3) is 1.47. The molecule has 1 rings (SSSR count). The van der Waals surface area contributed by atoms with Crippen LogP contribution in [-0.2, 0) is 0 Å². The summed E-state index contributed by atoms with van der Waals surface area (Å²) in [5, 5.41) is 11.3. The number of nitroso groups, excluding NO2 is 1. The molecule has 0 heterocycles. The molecule has 0 bridgehead atoms. The Balaban J connectivity index is 3.18. The van der Waals surface area contributed by atoms with Crippen molar-refractivity contribution in [3.63, 3.8) is 0 Å². The molecule has 0 radical (unpaired) electrons.